The van der Waals surface area contributed by atoms with Gasteiger partial charge >= 0.3 is 0 Å². The molecule has 1 heterocycles. The maximum Gasteiger partial charge on any atom is 0.193 e. The Hall–Kier alpha value is -2.55. The third kappa shape index (κ3) is 2.94. The summed E-state index contributed by atoms with van der Waals surface area (Å²) in [6, 6.07) is 9.78. The van der Waals surface area contributed by atoms with Gasteiger partial charge in [-0.15, -0.1) is 0 Å². The number of rotatable bonds is 2. The number of benzene rings is 2. The van der Waals surface area contributed by atoms with Crippen LogP contribution in [0.1, 0.15) is 39.0 Å². The second-order valence-electron chi connectivity index (χ2n) is 6.21. The van der Waals surface area contributed by atoms with Crippen molar-refractivity contribution in [1.82, 2.24) is 0 Å². The Morgan fingerprint density at radius 2 is 1.79 bits per heavy atom. The first kappa shape index (κ1) is 16.3. The molecule has 2 aromatic carbocycles. The second-order valence-corrected chi connectivity index (χ2v) is 6.21. The van der Waals surface area contributed by atoms with Crippen molar-refractivity contribution >= 4 is 11.9 Å². The number of hydrogen-bond donors (Lipinski definition) is 0. The average molecular weight is 322 g/mol. The molecular formula is C21H22O3. The molecule has 0 saturated heterocycles. The smallest absolute Gasteiger partial charge is 0.193 e. The van der Waals surface area contributed by atoms with Gasteiger partial charge in [0.05, 0.1) is 19.3 Å². The number of aryl methyl sites for hydroxylation is 2. The Balaban J connectivity index is 2.04. The minimum atomic E-state index is 0.0684. The van der Waals surface area contributed by atoms with E-state index < -0.39 is 0 Å². The first-order chi connectivity index (χ1) is 11.5. The number of hydrogen-bond acceptors (Lipinski definition) is 3. The fourth-order valence-electron chi connectivity index (χ4n) is 3.09. The summed E-state index contributed by atoms with van der Waals surface area (Å²) in [5.41, 5.74) is 5.65. The molecule has 0 fully saturated rings. The van der Waals surface area contributed by atoms with E-state index in [1.165, 1.54) is 0 Å². The highest BCUT2D eigenvalue weighted by Crippen LogP contribution is 2.35. The molecule has 0 aromatic heterocycles. The van der Waals surface area contributed by atoms with Crippen LogP contribution in [0.5, 0.6) is 11.5 Å². The number of ketones is 1. The van der Waals surface area contributed by atoms with Gasteiger partial charge in [-0.25, -0.2) is 0 Å². The highest BCUT2D eigenvalue weighted by Gasteiger charge is 2.25. The minimum absolute atomic E-state index is 0.0684. The van der Waals surface area contributed by atoms with Crippen molar-refractivity contribution < 1.29 is 14.3 Å². The van der Waals surface area contributed by atoms with Crippen LogP contribution < -0.4 is 9.47 Å². The molecule has 0 radical (unpaired) electrons. The van der Waals surface area contributed by atoms with E-state index in [-0.39, 0.29) is 5.78 Å². The highest BCUT2D eigenvalue weighted by molar-refractivity contribution is 6.14. The molecule has 3 nitrogen and oxygen atoms in total. The normalized spacial score (nSPS) is 15.7. The third-order valence-corrected chi connectivity index (χ3v) is 4.58. The predicted molar refractivity (Wildman–Crippen MR) is 96.1 cm³/mol. The molecule has 0 spiro atoms. The number of fused-ring (bicyclic) bond motifs is 1. The summed E-state index contributed by atoms with van der Waals surface area (Å²) in [4.78, 5) is 13.1. The Kier molecular flexibility index (Phi) is 4.43. The van der Waals surface area contributed by atoms with Gasteiger partial charge in [0.2, 0.25) is 0 Å². The molecule has 0 N–H and O–H groups in total. The zero-order valence-corrected chi connectivity index (χ0v) is 14.6. The lowest BCUT2D eigenvalue weighted by Crippen LogP contribution is -2.06. The Morgan fingerprint density at radius 1 is 1.08 bits per heavy atom. The van der Waals surface area contributed by atoms with Crippen LogP contribution in [0.4, 0.5) is 0 Å². The maximum absolute atomic E-state index is 13.1. The van der Waals surface area contributed by atoms with E-state index in [1.54, 1.807) is 7.11 Å². The molecule has 2 aromatic rings. The van der Waals surface area contributed by atoms with Crippen LogP contribution in [-0.4, -0.2) is 19.5 Å². The van der Waals surface area contributed by atoms with E-state index in [0.717, 1.165) is 39.3 Å². The fourth-order valence-corrected chi connectivity index (χ4v) is 3.09. The summed E-state index contributed by atoms with van der Waals surface area (Å²) in [6.45, 7) is 6.56. The molecule has 0 unspecified atom stereocenters. The van der Waals surface area contributed by atoms with Crippen molar-refractivity contribution in [1.29, 1.82) is 0 Å². The van der Waals surface area contributed by atoms with Gasteiger partial charge in [0.25, 0.3) is 0 Å². The molecule has 1 aliphatic rings. The molecule has 0 atom stereocenters. The van der Waals surface area contributed by atoms with Crippen molar-refractivity contribution in [2.45, 2.75) is 27.2 Å². The summed E-state index contributed by atoms with van der Waals surface area (Å²) < 4.78 is 11.1. The van der Waals surface area contributed by atoms with Crippen LogP contribution in [0.3, 0.4) is 0 Å². The Bertz CT molecular complexity index is 814. The van der Waals surface area contributed by atoms with Gasteiger partial charge in [-0.1, -0.05) is 18.2 Å². The quantitative estimate of drug-likeness (QED) is 0.754. The Labute approximate surface area is 142 Å². The summed E-state index contributed by atoms with van der Waals surface area (Å²) in [5, 5.41) is 0. The summed E-state index contributed by atoms with van der Waals surface area (Å²) >= 11 is 0. The SMILES string of the molecule is COc1ccc(/C=C2/CCOc3c(C)c(C)cc(C)c3C2=O)cc1. The lowest BCUT2D eigenvalue weighted by atomic mass is 9.92. The monoisotopic (exact) mass is 322 g/mol. The first-order valence-corrected chi connectivity index (χ1v) is 8.14. The van der Waals surface area contributed by atoms with Crippen molar-refractivity contribution in [2.24, 2.45) is 0 Å². The zero-order valence-electron chi connectivity index (χ0n) is 14.6. The molecule has 3 rings (SSSR count). The number of methoxy groups -OCH3 is 1. The molecular weight excluding hydrogens is 300 g/mol. The highest BCUT2D eigenvalue weighted by atomic mass is 16.5. The molecule has 0 aliphatic carbocycles. The van der Waals surface area contributed by atoms with E-state index in [4.69, 9.17) is 9.47 Å². The van der Waals surface area contributed by atoms with Gasteiger partial charge in [-0.3, -0.25) is 4.79 Å². The van der Waals surface area contributed by atoms with Crippen molar-refractivity contribution in [2.75, 3.05) is 13.7 Å². The first-order valence-electron chi connectivity index (χ1n) is 8.14. The average Bonchev–Trinajstić information content (AvgIpc) is 2.73. The summed E-state index contributed by atoms with van der Waals surface area (Å²) in [5.74, 6) is 1.62. The maximum atomic E-state index is 13.1. The van der Waals surface area contributed by atoms with Crippen molar-refractivity contribution in [3.05, 3.63) is 63.7 Å². The van der Waals surface area contributed by atoms with Gasteiger partial charge < -0.3 is 9.47 Å². The second kappa shape index (κ2) is 6.52. The largest absolute Gasteiger partial charge is 0.497 e. The lowest BCUT2D eigenvalue weighted by Gasteiger charge is -2.14. The van der Waals surface area contributed by atoms with Gasteiger partial charge in [0.15, 0.2) is 5.78 Å². The van der Waals surface area contributed by atoms with E-state index in [0.29, 0.717) is 18.6 Å². The molecule has 0 amide bonds. The van der Waals surface area contributed by atoms with Crippen molar-refractivity contribution in [3.8, 4) is 11.5 Å². The zero-order chi connectivity index (χ0) is 17.3. The van der Waals surface area contributed by atoms with Crippen LogP contribution in [-0.2, 0) is 0 Å². The van der Waals surface area contributed by atoms with Gasteiger partial charge in [-0.05, 0) is 61.2 Å². The van der Waals surface area contributed by atoms with Gasteiger partial charge in [-0.2, -0.15) is 0 Å². The third-order valence-electron chi connectivity index (χ3n) is 4.58. The Morgan fingerprint density at radius 3 is 2.46 bits per heavy atom. The van der Waals surface area contributed by atoms with Crippen LogP contribution in [0.25, 0.3) is 6.08 Å². The molecule has 24 heavy (non-hydrogen) atoms. The lowest BCUT2D eigenvalue weighted by molar-refractivity contribution is 0.103. The fraction of sp³-hybridized carbons (Fsp3) is 0.286. The van der Waals surface area contributed by atoms with Crippen LogP contribution in [0.15, 0.2) is 35.9 Å². The van der Waals surface area contributed by atoms with E-state index in [2.05, 4.69) is 13.0 Å². The summed E-state index contributed by atoms with van der Waals surface area (Å²) in [7, 11) is 1.64. The predicted octanol–water partition coefficient (Wildman–Crippen LogP) is 4.67. The van der Waals surface area contributed by atoms with E-state index in [1.807, 2.05) is 44.2 Å². The van der Waals surface area contributed by atoms with Crippen LogP contribution in [0.2, 0.25) is 0 Å². The number of carbonyl (C=O) groups is 1. The minimum Gasteiger partial charge on any atom is -0.497 e. The topological polar surface area (TPSA) is 35.5 Å². The number of Topliss-reactive ketones (excluding diaryl/α,β-unsaturated/α-hetero) is 1. The van der Waals surface area contributed by atoms with Crippen LogP contribution in [0, 0.1) is 20.8 Å². The standard InChI is InChI=1S/C21H22O3/c1-13-11-14(2)19-20(22)17(9-10-24-21(19)15(13)3)12-16-5-7-18(23-4)8-6-16/h5-8,11-12H,9-10H2,1-4H3/b17-12-. The molecule has 0 bridgehead atoms. The van der Waals surface area contributed by atoms with Crippen molar-refractivity contribution in [3.63, 3.8) is 0 Å². The number of ether oxygens (including phenoxy) is 2. The molecule has 1 aliphatic heterocycles. The molecule has 0 saturated carbocycles. The molecule has 124 valence electrons. The van der Waals surface area contributed by atoms with Crippen LogP contribution >= 0.6 is 0 Å². The van der Waals surface area contributed by atoms with Gasteiger partial charge in [0, 0.05) is 12.0 Å². The summed E-state index contributed by atoms with van der Waals surface area (Å²) in [6.07, 6.45) is 2.56. The van der Waals surface area contributed by atoms with E-state index in [9.17, 15) is 4.79 Å². The molecule has 3 heteroatoms. The number of carbonyl (C=O) groups excluding carboxylic acids is 1. The van der Waals surface area contributed by atoms with Gasteiger partial charge in [0.1, 0.15) is 11.5 Å². The van der Waals surface area contributed by atoms with E-state index >= 15 is 0 Å².